The normalized spacial score (nSPS) is 13.8. The second-order valence-electron chi connectivity index (χ2n) is 8.13. The highest BCUT2D eigenvalue weighted by Crippen LogP contribution is 2.23. The Kier molecular flexibility index (Phi) is 6.30. The highest BCUT2D eigenvalue weighted by molar-refractivity contribution is 5.40. The summed E-state index contributed by atoms with van der Waals surface area (Å²) in [5.41, 5.74) is 5.17. The molecule has 4 nitrogen and oxygen atoms in total. The molecular weight excluding hydrogens is 346 g/mol. The van der Waals surface area contributed by atoms with Crippen molar-refractivity contribution in [2.75, 3.05) is 0 Å². The van der Waals surface area contributed by atoms with Crippen molar-refractivity contribution in [3.05, 3.63) is 81.4 Å². The van der Waals surface area contributed by atoms with Gasteiger partial charge in [-0.15, -0.1) is 0 Å². The fourth-order valence-corrected chi connectivity index (χ4v) is 3.79. The van der Waals surface area contributed by atoms with Crippen LogP contribution in [-0.2, 0) is 6.54 Å². The van der Waals surface area contributed by atoms with Crippen LogP contribution in [0.15, 0.2) is 53.3 Å². The molecule has 2 N–H and O–H groups in total. The van der Waals surface area contributed by atoms with Crippen LogP contribution in [0.1, 0.15) is 68.6 Å². The fraction of sp³-hybridized carbons (Fsp3) is 0.417. The van der Waals surface area contributed by atoms with Gasteiger partial charge in [0.1, 0.15) is 23.9 Å². The summed E-state index contributed by atoms with van der Waals surface area (Å²) in [6, 6.07) is 16.8. The third-order valence-electron chi connectivity index (χ3n) is 5.74. The van der Waals surface area contributed by atoms with Crippen molar-refractivity contribution in [3.63, 3.8) is 0 Å². The Morgan fingerprint density at radius 3 is 2.36 bits per heavy atom. The molecule has 0 amide bonds. The molecule has 0 saturated carbocycles. The van der Waals surface area contributed by atoms with Crippen molar-refractivity contribution in [1.29, 1.82) is 0 Å². The van der Waals surface area contributed by atoms with Crippen LogP contribution >= 0.6 is 0 Å². The minimum absolute atomic E-state index is 0.00879. The van der Waals surface area contributed by atoms with E-state index in [-0.39, 0.29) is 5.56 Å². The number of hydrogen-bond donors (Lipinski definition) is 1. The van der Waals surface area contributed by atoms with E-state index >= 15 is 0 Å². The van der Waals surface area contributed by atoms with Crippen LogP contribution in [0, 0.1) is 12.8 Å². The van der Waals surface area contributed by atoms with Crippen molar-refractivity contribution >= 4 is 5.65 Å². The molecule has 0 saturated heterocycles. The summed E-state index contributed by atoms with van der Waals surface area (Å²) < 4.78 is 1.66. The number of benzene rings is 1. The monoisotopic (exact) mass is 378 g/mol. The third kappa shape index (κ3) is 4.33. The van der Waals surface area contributed by atoms with Crippen LogP contribution in [0.25, 0.3) is 5.65 Å². The molecule has 0 unspecified atom stereocenters. The summed E-state index contributed by atoms with van der Waals surface area (Å²) in [5, 5.41) is 2.30. The molecule has 0 fully saturated rings. The molecule has 2 aromatic heterocycles. The van der Waals surface area contributed by atoms with Gasteiger partial charge >= 0.3 is 0 Å². The first-order valence-corrected chi connectivity index (χ1v) is 10.3. The number of fused-ring (bicyclic) bond motifs is 1. The summed E-state index contributed by atoms with van der Waals surface area (Å²) in [4.78, 5) is 17.2. The first-order chi connectivity index (χ1) is 13.4. The maximum atomic E-state index is 12.5. The second kappa shape index (κ2) is 8.70. The maximum absolute atomic E-state index is 12.5. The standard InChI is InChI=1S/C24H31N3O/c1-6-17(4)19-10-12-20(13-11-19)24(16(2)3)25-15-21-14-23(28)27-18(5)8-7-9-22(27)26-21/h7-14,16-17,24-25H,6,15H2,1-5H3/p+1/t17-,24-/m1/s1. The van der Waals surface area contributed by atoms with Gasteiger partial charge in [0.05, 0.1) is 0 Å². The van der Waals surface area contributed by atoms with Crippen molar-refractivity contribution in [2.24, 2.45) is 5.92 Å². The molecule has 0 radical (unpaired) electrons. The molecule has 0 bridgehead atoms. The van der Waals surface area contributed by atoms with Gasteiger partial charge in [-0.1, -0.05) is 58.0 Å². The molecule has 2 atom stereocenters. The fourth-order valence-electron chi connectivity index (χ4n) is 3.79. The topological polar surface area (TPSA) is 51.0 Å². The van der Waals surface area contributed by atoms with Gasteiger partial charge in [-0.05, 0) is 37.0 Å². The molecule has 1 aromatic carbocycles. The molecule has 28 heavy (non-hydrogen) atoms. The second-order valence-corrected chi connectivity index (χ2v) is 8.13. The highest BCUT2D eigenvalue weighted by Gasteiger charge is 2.20. The molecule has 4 heteroatoms. The van der Waals surface area contributed by atoms with Crippen LogP contribution in [0.4, 0.5) is 0 Å². The lowest BCUT2D eigenvalue weighted by molar-refractivity contribution is -0.717. The van der Waals surface area contributed by atoms with E-state index in [4.69, 9.17) is 4.98 Å². The zero-order valence-corrected chi connectivity index (χ0v) is 17.6. The average molecular weight is 379 g/mol. The smallest absolute Gasteiger partial charge is 0.258 e. The Morgan fingerprint density at radius 1 is 1.04 bits per heavy atom. The Labute approximate surface area is 167 Å². The number of pyridine rings is 1. The number of aromatic nitrogens is 2. The Bertz CT molecular complexity index is 989. The highest BCUT2D eigenvalue weighted by atomic mass is 16.1. The first kappa shape index (κ1) is 20.3. The van der Waals surface area contributed by atoms with Gasteiger partial charge < -0.3 is 5.32 Å². The number of aryl methyl sites for hydroxylation is 1. The van der Waals surface area contributed by atoms with Crippen molar-refractivity contribution < 1.29 is 5.32 Å². The van der Waals surface area contributed by atoms with E-state index in [9.17, 15) is 4.79 Å². The van der Waals surface area contributed by atoms with Crippen molar-refractivity contribution in [3.8, 4) is 0 Å². The lowest BCUT2D eigenvalue weighted by Crippen LogP contribution is -2.84. The quantitative estimate of drug-likeness (QED) is 0.676. The van der Waals surface area contributed by atoms with Gasteiger partial charge in [-0.25, -0.2) is 4.98 Å². The average Bonchev–Trinajstić information content (AvgIpc) is 2.67. The Morgan fingerprint density at radius 2 is 1.71 bits per heavy atom. The minimum Gasteiger partial charge on any atom is -0.335 e. The molecule has 3 rings (SSSR count). The Hall–Kier alpha value is -2.46. The van der Waals surface area contributed by atoms with Crippen molar-refractivity contribution in [2.45, 2.75) is 59.5 Å². The maximum Gasteiger partial charge on any atom is 0.258 e. The van der Waals surface area contributed by atoms with E-state index < -0.39 is 0 Å². The van der Waals surface area contributed by atoms with E-state index in [1.54, 1.807) is 10.5 Å². The van der Waals surface area contributed by atoms with Crippen molar-refractivity contribution in [1.82, 2.24) is 9.38 Å². The van der Waals surface area contributed by atoms with Crippen LogP contribution in [-0.4, -0.2) is 9.38 Å². The minimum atomic E-state index is -0.00879. The van der Waals surface area contributed by atoms with Gasteiger partial charge in [-0.3, -0.25) is 9.20 Å². The van der Waals surface area contributed by atoms with Gasteiger partial charge in [0.15, 0.2) is 0 Å². The molecular formula is C24H32N3O+. The van der Waals surface area contributed by atoms with E-state index in [1.165, 1.54) is 11.1 Å². The molecule has 0 aliphatic rings. The van der Waals surface area contributed by atoms with Gasteiger partial charge in [-0.2, -0.15) is 0 Å². The van der Waals surface area contributed by atoms with E-state index in [0.717, 1.165) is 23.5 Å². The van der Waals surface area contributed by atoms with E-state index in [1.807, 2.05) is 25.1 Å². The number of rotatable bonds is 7. The van der Waals surface area contributed by atoms with Gasteiger partial charge in [0.2, 0.25) is 0 Å². The number of nitrogens with two attached hydrogens (primary N) is 1. The summed E-state index contributed by atoms with van der Waals surface area (Å²) in [6.07, 6.45) is 1.15. The van der Waals surface area contributed by atoms with Gasteiger partial charge in [0, 0.05) is 23.2 Å². The molecule has 0 spiro atoms. The molecule has 0 aliphatic carbocycles. The molecule has 148 valence electrons. The predicted octanol–water partition coefficient (Wildman–Crippen LogP) is 3.98. The summed E-state index contributed by atoms with van der Waals surface area (Å²) in [6.45, 7) is 11.6. The van der Waals surface area contributed by atoms with Gasteiger partial charge in [0.25, 0.3) is 5.56 Å². The number of nitrogens with zero attached hydrogens (tertiary/aromatic N) is 2. The lowest BCUT2D eigenvalue weighted by atomic mass is 9.92. The molecule has 2 heterocycles. The lowest BCUT2D eigenvalue weighted by Gasteiger charge is -2.20. The SMILES string of the molecule is CC[C@@H](C)c1ccc([C@H]([NH2+]Cc2cc(=O)n3c(C)cccc3n2)C(C)C)cc1. The van der Waals surface area contributed by atoms with Crippen LogP contribution in [0.3, 0.4) is 0 Å². The Balaban J connectivity index is 1.80. The predicted molar refractivity (Wildman–Crippen MR) is 115 cm³/mol. The van der Waals surface area contributed by atoms with Crippen LogP contribution < -0.4 is 10.9 Å². The van der Waals surface area contributed by atoms with E-state index in [2.05, 4.69) is 57.3 Å². The third-order valence-corrected chi connectivity index (χ3v) is 5.74. The summed E-state index contributed by atoms with van der Waals surface area (Å²) >= 11 is 0. The molecule has 0 aliphatic heterocycles. The molecule has 3 aromatic rings. The zero-order chi connectivity index (χ0) is 20.3. The zero-order valence-electron chi connectivity index (χ0n) is 17.6. The number of hydrogen-bond acceptors (Lipinski definition) is 2. The number of quaternary nitrogens is 1. The summed E-state index contributed by atoms with van der Waals surface area (Å²) in [7, 11) is 0. The van der Waals surface area contributed by atoms with Crippen LogP contribution in [0.2, 0.25) is 0 Å². The van der Waals surface area contributed by atoms with Crippen LogP contribution in [0.5, 0.6) is 0 Å². The first-order valence-electron chi connectivity index (χ1n) is 10.3. The van der Waals surface area contributed by atoms with E-state index in [0.29, 0.717) is 24.4 Å². The summed E-state index contributed by atoms with van der Waals surface area (Å²) in [5.74, 6) is 1.08. The largest absolute Gasteiger partial charge is 0.335 e.